The fraction of sp³-hybridized carbons (Fsp3) is 0.417. The van der Waals surface area contributed by atoms with Crippen molar-refractivity contribution in [2.75, 3.05) is 32.8 Å². The first-order valence-corrected chi connectivity index (χ1v) is 10.3. The van der Waals surface area contributed by atoms with E-state index in [1.165, 1.54) is 5.56 Å². The van der Waals surface area contributed by atoms with Crippen molar-refractivity contribution in [1.29, 1.82) is 0 Å². The van der Waals surface area contributed by atoms with Gasteiger partial charge in [-0.3, -0.25) is 14.5 Å². The van der Waals surface area contributed by atoms with E-state index in [-0.39, 0.29) is 30.6 Å². The third-order valence-corrected chi connectivity index (χ3v) is 5.44. The van der Waals surface area contributed by atoms with Crippen molar-refractivity contribution in [1.82, 2.24) is 10.2 Å². The Labute approximate surface area is 173 Å². The maximum absolute atomic E-state index is 12.5. The molecule has 2 aromatic rings. The highest BCUT2D eigenvalue weighted by Crippen LogP contribution is 2.21. The number of carbonyl (C=O) groups excluding carboxylic acids is 2. The smallest absolute Gasteiger partial charge is 0.220 e. The minimum Gasteiger partial charge on any atom is -0.379 e. The van der Waals surface area contributed by atoms with Crippen LogP contribution in [0.15, 0.2) is 48.5 Å². The van der Waals surface area contributed by atoms with E-state index in [0.29, 0.717) is 25.3 Å². The SMILES string of the molecule is Cc1ccc(C)c(C(=O)CCC(=O)NCC(c2ccccc2)N2CCOCC2)c1. The highest BCUT2D eigenvalue weighted by atomic mass is 16.5. The normalized spacial score (nSPS) is 15.7. The Morgan fingerprint density at radius 2 is 1.76 bits per heavy atom. The van der Waals surface area contributed by atoms with Gasteiger partial charge in [0.2, 0.25) is 5.91 Å². The van der Waals surface area contributed by atoms with E-state index in [2.05, 4.69) is 22.3 Å². The number of benzene rings is 2. The van der Waals surface area contributed by atoms with Gasteiger partial charge in [-0.05, 0) is 31.0 Å². The first kappa shape index (κ1) is 21.2. The molecule has 3 rings (SSSR count). The van der Waals surface area contributed by atoms with Crippen LogP contribution in [-0.4, -0.2) is 49.4 Å². The van der Waals surface area contributed by atoms with E-state index in [1.54, 1.807) is 0 Å². The van der Waals surface area contributed by atoms with Gasteiger partial charge in [0.1, 0.15) is 0 Å². The van der Waals surface area contributed by atoms with Crippen molar-refractivity contribution in [3.63, 3.8) is 0 Å². The number of nitrogens with zero attached hydrogens (tertiary/aromatic N) is 1. The van der Waals surface area contributed by atoms with E-state index in [4.69, 9.17) is 4.74 Å². The molecule has 1 N–H and O–H groups in total. The van der Waals surface area contributed by atoms with Gasteiger partial charge in [0, 0.05) is 38.0 Å². The van der Waals surface area contributed by atoms with Crippen molar-refractivity contribution in [2.24, 2.45) is 0 Å². The quantitative estimate of drug-likeness (QED) is 0.697. The van der Waals surface area contributed by atoms with Crippen molar-refractivity contribution in [3.05, 3.63) is 70.8 Å². The molecule has 1 amide bonds. The molecule has 0 radical (unpaired) electrons. The molecular formula is C24H30N2O3. The number of rotatable bonds is 8. The predicted molar refractivity (Wildman–Crippen MR) is 114 cm³/mol. The highest BCUT2D eigenvalue weighted by Gasteiger charge is 2.23. The molecule has 5 heteroatoms. The molecule has 1 aliphatic rings. The largest absolute Gasteiger partial charge is 0.379 e. The van der Waals surface area contributed by atoms with Crippen LogP contribution in [0.2, 0.25) is 0 Å². The van der Waals surface area contributed by atoms with Crippen molar-refractivity contribution in [3.8, 4) is 0 Å². The topological polar surface area (TPSA) is 58.6 Å². The number of aryl methyl sites for hydroxylation is 2. The van der Waals surface area contributed by atoms with Crippen LogP contribution in [0.3, 0.4) is 0 Å². The molecule has 154 valence electrons. The molecule has 0 bridgehead atoms. The fourth-order valence-corrected chi connectivity index (χ4v) is 3.72. The molecule has 1 aliphatic heterocycles. The third-order valence-electron chi connectivity index (χ3n) is 5.44. The second-order valence-corrected chi connectivity index (χ2v) is 7.62. The molecule has 0 aliphatic carbocycles. The Kier molecular flexibility index (Phi) is 7.55. The summed E-state index contributed by atoms with van der Waals surface area (Å²) in [6.07, 6.45) is 0.431. The summed E-state index contributed by atoms with van der Waals surface area (Å²) >= 11 is 0. The highest BCUT2D eigenvalue weighted by molar-refractivity contribution is 5.99. The Hall–Kier alpha value is -2.50. The summed E-state index contributed by atoms with van der Waals surface area (Å²) in [7, 11) is 0. The second kappa shape index (κ2) is 10.3. The summed E-state index contributed by atoms with van der Waals surface area (Å²) in [5.74, 6) is -0.0630. The van der Waals surface area contributed by atoms with Gasteiger partial charge in [0.25, 0.3) is 0 Å². The summed E-state index contributed by atoms with van der Waals surface area (Å²) in [6, 6.07) is 16.2. The monoisotopic (exact) mass is 394 g/mol. The lowest BCUT2D eigenvalue weighted by atomic mass is 9.99. The van der Waals surface area contributed by atoms with E-state index >= 15 is 0 Å². The van der Waals surface area contributed by atoms with Crippen LogP contribution in [0.5, 0.6) is 0 Å². The molecule has 1 atom stereocenters. The van der Waals surface area contributed by atoms with Crippen LogP contribution in [0, 0.1) is 13.8 Å². The first-order valence-electron chi connectivity index (χ1n) is 10.3. The standard InChI is InChI=1S/C24H30N2O3/c1-18-8-9-19(2)21(16-18)23(27)10-11-24(28)25-17-22(20-6-4-3-5-7-20)26-12-14-29-15-13-26/h3-9,16,22H,10-15,17H2,1-2H3,(H,25,28). The van der Waals surface area contributed by atoms with Crippen LogP contribution in [0.1, 0.15) is 45.9 Å². The average Bonchev–Trinajstić information content (AvgIpc) is 2.75. The van der Waals surface area contributed by atoms with E-state index in [0.717, 1.165) is 24.2 Å². The maximum Gasteiger partial charge on any atom is 0.220 e. The van der Waals surface area contributed by atoms with Crippen molar-refractivity contribution >= 4 is 11.7 Å². The molecule has 0 saturated carbocycles. The zero-order chi connectivity index (χ0) is 20.6. The van der Waals surface area contributed by atoms with Crippen molar-refractivity contribution < 1.29 is 14.3 Å². The third kappa shape index (κ3) is 5.99. The average molecular weight is 395 g/mol. The van der Waals surface area contributed by atoms with Gasteiger partial charge in [-0.15, -0.1) is 0 Å². The van der Waals surface area contributed by atoms with Gasteiger partial charge < -0.3 is 10.1 Å². The number of morpholine rings is 1. The number of amides is 1. The van der Waals surface area contributed by atoms with Gasteiger partial charge in [0.05, 0.1) is 19.3 Å². The molecule has 29 heavy (non-hydrogen) atoms. The van der Waals surface area contributed by atoms with Crippen LogP contribution < -0.4 is 5.32 Å². The Morgan fingerprint density at radius 3 is 2.48 bits per heavy atom. The van der Waals surface area contributed by atoms with E-state index in [9.17, 15) is 9.59 Å². The second-order valence-electron chi connectivity index (χ2n) is 7.62. The van der Waals surface area contributed by atoms with Gasteiger partial charge >= 0.3 is 0 Å². The molecule has 0 spiro atoms. The van der Waals surface area contributed by atoms with Crippen LogP contribution in [0.25, 0.3) is 0 Å². The molecule has 1 saturated heterocycles. The van der Waals surface area contributed by atoms with Gasteiger partial charge in [-0.25, -0.2) is 0 Å². The van der Waals surface area contributed by atoms with Crippen molar-refractivity contribution in [2.45, 2.75) is 32.7 Å². The summed E-state index contributed by atoms with van der Waals surface area (Å²) in [6.45, 7) is 7.54. The number of Topliss-reactive ketones (excluding diaryl/α,β-unsaturated/α-hetero) is 1. The molecular weight excluding hydrogens is 364 g/mol. The summed E-state index contributed by atoms with van der Waals surface area (Å²) in [4.78, 5) is 27.3. The molecule has 1 unspecified atom stereocenters. The zero-order valence-electron chi connectivity index (χ0n) is 17.3. The lowest BCUT2D eigenvalue weighted by Crippen LogP contribution is -2.43. The lowest BCUT2D eigenvalue weighted by Gasteiger charge is -2.35. The lowest BCUT2D eigenvalue weighted by molar-refractivity contribution is -0.121. The number of ketones is 1. The Balaban J connectivity index is 1.56. The number of carbonyl (C=O) groups is 2. The minimum atomic E-state index is -0.0853. The maximum atomic E-state index is 12.5. The van der Waals surface area contributed by atoms with E-state index in [1.807, 2.05) is 50.2 Å². The van der Waals surface area contributed by atoms with Gasteiger partial charge in [-0.1, -0.05) is 48.0 Å². The Bertz CT molecular complexity index is 829. The van der Waals surface area contributed by atoms with Crippen LogP contribution >= 0.6 is 0 Å². The number of nitrogens with one attached hydrogen (secondary N) is 1. The summed E-state index contributed by atoms with van der Waals surface area (Å²) in [5.41, 5.74) is 3.91. The van der Waals surface area contributed by atoms with Gasteiger partial charge in [-0.2, -0.15) is 0 Å². The Morgan fingerprint density at radius 1 is 1.03 bits per heavy atom. The number of hydrogen-bond donors (Lipinski definition) is 1. The number of ether oxygens (including phenoxy) is 1. The van der Waals surface area contributed by atoms with E-state index < -0.39 is 0 Å². The molecule has 1 heterocycles. The van der Waals surface area contributed by atoms with Crippen LogP contribution in [0.4, 0.5) is 0 Å². The summed E-state index contributed by atoms with van der Waals surface area (Å²) < 4.78 is 5.47. The molecule has 2 aromatic carbocycles. The molecule has 5 nitrogen and oxygen atoms in total. The molecule has 1 fully saturated rings. The molecule has 0 aromatic heterocycles. The summed E-state index contributed by atoms with van der Waals surface area (Å²) in [5, 5.41) is 3.04. The zero-order valence-corrected chi connectivity index (χ0v) is 17.3. The fourth-order valence-electron chi connectivity index (χ4n) is 3.72. The van der Waals surface area contributed by atoms with Crippen LogP contribution in [-0.2, 0) is 9.53 Å². The first-order chi connectivity index (χ1) is 14.0. The predicted octanol–water partition coefficient (Wildman–Crippen LogP) is 3.46. The van der Waals surface area contributed by atoms with Gasteiger partial charge in [0.15, 0.2) is 5.78 Å². The number of hydrogen-bond acceptors (Lipinski definition) is 4. The minimum absolute atomic E-state index is 0.0224.